The Kier molecular flexibility index (Phi) is 4.96. The van der Waals surface area contributed by atoms with Gasteiger partial charge in [0.2, 0.25) is 0 Å². The molecule has 0 radical (unpaired) electrons. The van der Waals surface area contributed by atoms with Crippen molar-refractivity contribution in [3.05, 3.63) is 66.2 Å². The van der Waals surface area contributed by atoms with Crippen molar-refractivity contribution in [1.82, 2.24) is 0 Å². The Morgan fingerprint density at radius 1 is 0.957 bits per heavy atom. The van der Waals surface area contributed by atoms with E-state index in [4.69, 9.17) is 14.3 Å². The van der Waals surface area contributed by atoms with E-state index in [1.54, 1.807) is 0 Å². The molecule has 0 bridgehead atoms. The first kappa shape index (κ1) is 16.0. The Hall–Kier alpha value is -1.88. The lowest BCUT2D eigenvalue weighted by Gasteiger charge is -2.28. The van der Waals surface area contributed by atoms with Crippen LogP contribution in [-0.4, -0.2) is 19.2 Å². The minimum Gasteiger partial charge on any atom is -0.326 e. The topological polar surface area (TPSA) is 30.9 Å². The molecule has 122 valence electrons. The van der Waals surface area contributed by atoms with E-state index in [0.29, 0.717) is 19.6 Å². The van der Waals surface area contributed by atoms with E-state index in [0.717, 1.165) is 5.69 Å². The van der Waals surface area contributed by atoms with E-state index in [1.165, 1.54) is 5.56 Å². The highest BCUT2D eigenvalue weighted by atomic mass is 16.9. The molecule has 0 aromatic heterocycles. The summed E-state index contributed by atoms with van der Waals surface area (Å²) in [5, 5.41) is 1.90. The van der Waals surface area contributed by atoms with Crippen LogP contribution in [0.3, 0.4) is 0 Å². The Morgan fingerprint density at radius 3 is 2.09 bits per heavy atom. The lowest BCUT2D eigenvalue weighted by Crippen LogP contribution is -2.37. The molecular weight excluding hydrogens is 290 g/mol. The number of hydrogen-bond donors (Lipinski definition) is 0. The number of rotatable bonds is 6. The molecule has 3 rings (SSSR count). The smallest absolute Gasteiger partial charge is 0.307 e. The minimum atomic E-state index is -1.03. The molecule has 4 heteroatoms. The average Bonchev–Trinajstić information content (AvgIpc) is 2.97. The molecule has 2 aromatic rings. The summed E-state index contributed by atoms with van der Waals surface area (Å²) in [5.74, 6) is -1.03. The third-order valence-corrected chi connectivity index (χ3v) is 3.89. The summed E-state index contributed by atoms with van der Waals surface area (Å²) in [6, 6.07) is 20.4. The average molecular weight is 313 g/mol. The normalized spacial score (nSPS) is 19.9. The zero-order chi connectivity index (χ0) is 16.1. The Labute approximate surface area is 137 Å². The van der Waals surface area contributed by atoms with Gasteiger partial charge in [0, 0.05) is 13.2 Å². The van der Waals surface area contributed by atoms with Crippen LogP contribution in [0.4, 0.5) is 5.69 Å². The first-order chi connectivity index (χ1) is 11.3. The van der Waals surface area contributed by atoms with Gasteiger partial charge >= 0.3 is 5.97 Å². The van der Waals surface area contributed by atoms with Crippen molar-refractivity contribution in [2.45, 2.75) is 32.3 Å². The van der Waals surface area contributed by atoms with Crippen molar-refractivity contribution in [3.8, 4) is 0 Å². The number of anilines is 1. The van der Waals surface area contributed by atoms with Crippen molar-refractivity contribution < 1.29 is 14.3 Å². The summed E-state index contributed by atoms with van der Waals surface area (Å²) >= 11 is 0. The van der Waals surface area contributed by atoms with Gasteiger partial charge in [0.15, 0.2) is 0 Å². The van der Waals surface area contributed by atoms with E-state index in [2.05, 4.69) is 12.1 Å². The Balaban J connectivity index is 1.96. The van der Waals surface area contributed by atoms with Gasteiger partial charge in [0.25, 0.3) is 0 Å². The van der Waals surface area contributed by atoms with Crippen molar-refractivity contribution in [3.63, 3.8) is 0 Å². The maximum absolute atomic E-state index is 6.17. The van der Waals surface area contributed by atoms with Crippen molar-refractivity contribution in [2.24, 2.45) is 0 Å². The molecule has 23 heavy (non-hydrogen) atoms. The second kappa shape index (κ2) is 7.13. The molecule has 1 aliphatic heterocycles. The van der Waals surface area contributed by atoms with Crippen LogP contribution in [-0.2, 0) is 14.3 Å². The van der Waals surface area contributed by atoms with Crippen LogP contribution in [0.2, 0.25) is 0 Å². The summed E-state index contributed by atoms with van der Waals surface area (Å²) in [6.45, 7) is 4.97. The van der Waals surface area contributed by atoms with Gasteiger partial charge in [0.05, 0.1) is 18.2 Å². The summed E-state index contributed by atoms with van der Waals surface area (Å²) in [6.07, 6.45) is 0.619. The highest BCUT2D eigenvalue weighted by molar-refractivity contribution is 5.47. The summed E-state index contributed by atoms with van der Waals surface area (Å²) in [7, 11) is 0. The van der Waals surface area contributed by atoms with Crippen LogP contribution in [0.25, 0.3) is 0 Å². The lowest BCUT2D eigenvalue weighted by atomic mass is 10.0. The summed E-state index contributed by atoms with van der Waals surface area (Å²) in [4.78, 5) is 6.17. The number of nitrogens with zero attached hydrogens (tertiary/aromatic N) is 1. The van der Waals surface area contributed by atoms with Crippen molar-refractivity contribution in [2.75, 3.05) is 18.3 Å². The summed E-state index contributed by atoms with van der Waals surface area (Å²) in [5.41, 5.74) is 2.17. The number of ether oxygens (including phenoxy) is 2. The Bertz CT molecular complexity index is 547. The Morgan fingerprint density at radius 2 is 1.52 bits per heavy atom. The van der Waals surface area contributed by atoms with Gasteiger partial charge in [0.1, 0.15) is 0 Å². The lowest BCUT2D eigenvalue weighted by molar-refractivity contribution is -0.361. The van der Waals surface area contributed by atoms with Gasteiger partial charge in [-0.1, -0.05) is 48.5 Å². The maximum Gasteiger partial charge on any atom is 0.307 e. The fraction of sp³-hybridized carbons (Fsp3) is 0.368. The minimum absolute atomic E-state index is 0.0386. The predicted molar refractivity (Wildman–Crippen MR) is 89.8 cm³/mol. The zero-order valence-corrected chi connectivity index (χ0v) is 13.6. The summed E-state index contributed by atoms with van der Waals surface area (Å²) < 4.78 is 11.7. The van der Waals surface area contributed by atoms with Crippen molar-refractivity contribution in [1.29, 1.82) is 0 Å². The maximum atomic E-state index is 6.17. The fourth-order valence-electron chi connectivity index (χ4n) is 2.96. The van der Waals surface area contributed by atoms with Crippen LogP contribution in [0.1, 0.15) is 31.9 Å². The van der Waals surface area contributed by atoms with Crippen LogP contribution >= 0.6 is 0 Å². The van der Waals surface area contributed by atoms with Gasteiger partial charge < -0.3 is 9.47 Å². The number of hydroxylamine groups is 1. The fourth-order valence-corrected chi connectivity index (χ4v) is 2.96. The first-order valence-corrected chi connectivity index (χ1v) is 8.14. The van der Waals surface area contributed by atoms with Crippen LogP contribution < -0.4 is 5.06 Å². The standard InChI is InChI=1S/C19H23NO3/c1-3-21-19(22-4-2)15-18(16-11-7-5-8-12-16)20(23-19)17-13-9-6-10-14-17/h5-14,18H,3-4,15H2,1-2H3/t18-/m1/s1. The van der Waals surface area contributed by atoms with Crippen LogP contribution in [0, 0.1) is 0 Å². The monoisotopic (exact) mass is 313 g/mol. The van der Waals surface area contributed by atoms with Gasteiger partial charge in [-0.15, -0.1) is 0 Å². The molecule has 0 aliphatic carbocycles. The highest BCUT2D eigenvalue weighted by Crippen LogP contribution is 2.44. The second-order valence-electron chi connectivity index (χ2n) is 5.43. The molecule has 4 nitrogen and oxygen atoms in total. The highest BCUT2D eigenvalue weighted by Gasteiger charge is 2.48. The molecule has 0 unspecified atom stereocenters. The molecule has 0 N–H and O–H groups in total. The van der Waals surface area contributed by atoms with Gasteiger partial charge in [-0.05, 0) is 31.5 Å². The molecule has 1 heterocycles. The molecule has 1 fully saturated rings. The second-order valence-corrected chi connectivity index (χ2v) is 5.43. The van der Waals surface area contributed by atoms with E-state index < -0.39 is 5.97 Å². The zero-order valence-electron chi connectivity index (χ0n) is 13.6. The molecular formula is C19H23NO3. The van der Waals surface area contributed by atoms with E-state index >= 15 is 0 Å². The largest absolute Gasteiger partial charge is 0.326 e. The van der Waals surface area contributed by atoms with Crippen molar-refractivity contribution >= 4 is 5.69 Å². The molecule has 1 saturated heterocycles. The van der Waals surface area contributed by atoms with Crippen LogP contribution in [0.5, 0.6) is 0 Å². The number of para-hydroxylation sites is 1. The van der Waals surface area contributed by atoms with Gasteiger partial charge in [-0.25, -0.2) is 9.90 Å². The molecule has 0 spiro atoms. The first-order valence-electron chi connectivity index (χ1n) is 8.14. The van der Waals surface area contributed by atoms with Crippen LogP contribution in [0.15, 0.2) is 60.7 Å². The third-order valence-electron chi connectivity index (χ3n) is 3.89. The molecule has 1 atom stereocenters. The van der Waals surface area contributed by atoms with Gasteiger partial charge in [-0.2, -0.15) is 0 Å². The van der Waals surface area contributed by atoms with E-state index in [-0.39, 0.29) is 6.04 Å². The van der Waals surface area contributed by atoms with Gasteiger partial charge in [-0.3, -0.25) is 0 Å². The molecule has 0 amide bonds. The quantitative estimate of drug-likeness (QED) is 0.744. The molecule has 2 aromatic carbocycles. The SMILES string of the molecule is CCOC1(OCC)C[C@H](c2ccccc2)N(c2ccccc2)O1. The van der Waals surface area contributed by atoms with E-state index in [1.807, 2.05) is 67.4 Å². The molecule has 0 saturated carbocycles. The molecule has 1 aliphatic rings. The van der Waals surface area contributed by atoms with E-state index in [9.17, 15) is 0 Å². The number of benzene rings is 2. The predicted octanol–water partition coefficient (Wildman–Crippen LogP) is 4.30. The number of hydrogen-bond acceptors (Lipinski definition) is 4. The third kappa shape index (κ3) is 3.39.